The number of imidazole rings is 1. The first-order valence-electron chi connectivity index (χ1n) is 9.42. The molecule has 0 saturated heterocycles. The number of aromatic nitrogens is 3. The molecule has 0 atom stereocenters. The van der Waals surface area contributed by atoms with E-state index in [9.17, 15) is 18.0 Å². The molecule has 3 aromatic heterocycles. The fourth-order valence-electron chi connectivity index (χ4n) is 3.58. The number of hydrogen-bond donors (Lipinski definition) is 2. The molecule has 0 aliphatic heterocycles. The number of rotatable bonds is 5. The summed E-state index contributed by atoms with van der Waals surface area (Å²) in [4.78, 5) is 16.7. The van der Waals surface area contributed by atoms with E-state index in [1.807, 2.05) is 0 Å². The first-order chi connectivity index (χ1) is 14.3. The first-order valence-corrected chi connectivity index (χ1v) is 9.42. The molecule has 30 heavy (non-hydrogen) atoms. The van der Waals surface area contributed by atoms with E-state index in [4.69, 9.17) is 5.73 Å². The van der Waals surface area contributed by atoms with E-state index in [0.29, 0.717) is 47.3 Å². The summed E-state index contributed by atoms with van der Waals surface area (Å²) < 4.78 is 44.8. The number of halogens is 3. The summed E-state index contributed by atoms with van der Waals surface area (Å²) in [7, 11) is 1.65. The average molecular weight is 415 g/mol. The Morgan fingerprint density at radius 2 is 1.97 bits per heavy atom. The third-order valence-electron chi connectivity index (χ3n) is 5.05. The molecule has 0 aliphatic carbocycles. The van der Waals surface area contributed by atoms with E-state index < -0.39 is 11.7 Å². The minimum absolute atomic E-state index is 0.0208. The van der Waals surface area contributed by atoms with Crippen LogP contribution in [0.1, 0.15) is 22.5 Å². The van der Waals surface area contributed by atoms with E-state index in [1.54, 1.807) is 46.5 Å². The van der Waals surface area contributed by atoms with Gasteiger partial charge in [-0.15, -0.1) is 0 Å². The third kappa shape index (κ3) is 3.41. The molecule has 0 aliphatic rings. The number of nitrogens with two attached hydrogens (primary N) is 1. The van der Waals surface area contributed by atoms with Gasteiger partial charge in [-0.3, -0.25) is 4.79 Å². The van der Waals surface area contributed by atoms with Crippen molar-refractivity contribution in [3.8, 4) is 11.1 Å². The highest BCUT2D eigenvalue weighted by atomic mass is 19.4. The number of hydrogen-bond acceptors (Lipinski definition) is 3. The number of amides is 1. The van der Waals surface area contributed by atoms with Crippen molar-refractivity contribution in [1.29, 1.82) is 0 Å². The molecule has 0 radical (unpaired) electrons. The molecule has 156 valence electrons. The molecular formula is C21H20F3N5O. The lowest BCUT2D eigenvalue weighted by Gasteiger charge is -2.15. The summed E-state index contributed by atoms with van der Waals surface area (Å²) in [5.74, 6) is -0.308. The van der Waals surface area contributed by atoms with Crippen molar-refractivity contribution < 1.29 is 18.0 Å². The molecule has 3 N–H and O–H groups in total. The number of pyridine rings is 1. The Bertz CT molecular complexity index is 1240. The maximum Gasteiger partial charge on any atom is 0.417 e. The number of nitrogens with zero attached hydrogens (tertiary/aromatic N) is 3. The molecule has 0 spiro atoms. The van der Waals surface area contributed by atoms with Crippen molar-refractivity contribution in [1.82, 2.24) is 19.3 Å². The van der Waals surface area contributed by atoms with Gasteiger partial charge >= 0.3 is 6.18 Å². The predicted molar refractivity (Wildman–Crippen MR) is 108 cm³/mol. The largest absolute Gasteiger partial charge is 0.417 e. The van der Waals surface area contributed by atoms with Gasteiger partial charge in [-0.25, -0.2) is 4.98 Å². The Morgan fingerprint density at radius 1 is 1.17 bits per heavy atom. The van der Waals surface area contributed by atoms with Gasteiger partial charge in [0.1, 0.15) is 5.69 Å². The van der Waals surface area contributed by atoms with Crippen molar-refractivity contribution in [2.24, 2.45) is 12.8 Å². The minimum Gasteiger partial charge on any atom is -0.351 e. The zero-order valence-corrected chi connectivity index (χ0v) is 16.2. The van der Waals surface area contributed by atoms with Crippen molar-refractivity contribution in [3.05, 3.63) is 60.2 Å². The second-order valence-electron chi connectivity index (χ2n) is 7.03. The second kappa shape index (κ2) is 7.49. The van der Waals surface area contributed by atoms with Gasteiger partial charge in [0.25, 0.3) is 5.91 Å². The molecule has 1 aromatic carbocycles. The van der Waals surface area contributed by atoms with Crippen LogP contribution in [0, 0.1) is 0 Å². The Morgan fingerprint density at radius 3 is 2.70 bits per heavy atom. The highest BCUT2D eigenvalue weighted by Crippen LogP contribution is 2.40. The highest BCUT2D eigenvalue weighted by Gasteiger charge is 2.35. The first kappa shape index (κ1) is 20.0. The molecule has 0 saturated carbocycles. The maximum atomic E-state index is 13.9. The Hall–Kier alpha value is -3.33. The normalized spacial score (nSPS) is 12.0. The lowest BCUT2D eigenvalue weighted by atomic mass is 9.98. The van der Waals surface area contributed by atoms with E-state index in [-0.39, 0.29) is 11.5 Å². The van der Waals surface area contributed by atoms with Gasteiger partial charge in [-0.05, 0) is 48.9 Å². The number of carbonyl (C=O) groups is 1. The van der Waals surface area contributed by atoms with Gasteiger partial charge in [0, 0.05) is 25.4 Å². The SMILES string of the molecule is Cn1cnc2cc(-c3cccn4c(C(=O)NCCCN)ccc34)c(C(F)(F)F)cc21. The molecule has 0 unspecified atom stereocenters. The number of fused-ring (bicyclic) bond motifs is 2. The smallest absolute Gasteiger partial charge is 0.351 e. The van der Waals surface area contributed by atoms with E-state index in [1.165, 1.54) is 12.4 Å². The number of aryl methyl sites for hydroxylation is 1. The molecule has 0 fully saturated rings. The second-order valence-corrected chi connectivity index (χ2v) is 7.03. The zero-order valence-electron chi connectivity index (χ0n) is 16.2. The summed E-state index contributed by atoms with van der Waals surface area (Å²) in [6.07, 6.45) is -0.769. The monoisotopic (exact) mass is 415 g/mol. The number of alkyl halides is 3. The van der Waals surface area contributed by atoms with Crippen LogP contribution in [0.15, 0.2) is 48.9 Å². The van der Waals surface area contributed by atoms with Crippen LogP contribution in [0.3, 0.4) is 0 Å². The van der Waals surface area contributed by atoms with Gasteiger partial charge < -0.3 is 20.0 Å². The summed E-state index contributed by atoms with van der Waals surface area (Å²) in [5, 5.41) is 2.77. The number of nitrogens with one attached hydrogen (secondary N) is 1. The van der Waals surface area contributed by atoms with Crippen LogP contribution in [0.2, 0.25) is 0 Å². The van der Waals surface area contributed by atoms with Crippen LogP contribution >= 0.6 is 0 Å². The lowest BCUT2D eigenvalue weighted by molar-refractivity contribution is -0.137. The molecule has 9 heteroatoms. The minimum atomic E-state index is -4.55. The summed E-state index contributed by atoms with van der Waals surface area (Å²) in [6.45, 7) is 0.881. The van der Waals surface area contributed by atoms with Gasteiger partial charge in [0.15, 0.2) is 0 Å². The Kier molecular flexibility index (Phi) is 4.98. The zero-order chi connectivity index (χ0) is 21.5. The fourth-order valence-corrected chi connectivity index (χ4v) is 3.58. The van der Waals surface area contributed by atoms with E-state index >= 15 is 0 Å². The predicted octanol–water partition coefficient (Wildman–Crippen LogP) is 3.59. The quantitative estimate of drug-likeness (QED) is 0.489. The molecular weight excluding hydrogens is 395 g/mol. The van der Waals surface area contributed by atoms with Crippen LogP contribution < -0.4 is 11.1 Å². The average Bonchev–Trinajstić information content (AvgIpc) is 3.30. The standard InChI is InChI=1S/C21H20F3N5O/c1-28-12-27-16-10-14(15(11-19(16)28)21(22,23)24)13-4-2-9-29-17(13)5-6-18(29)20(30)26-8-3-7-25/h2,4-6,9-12H,3,7-8,25H2,1H3,(H,26,30). The molecule has 4 rings (SSSR count). The van der Waals surface area contributed by atoms with Crippen molar-refractivity contribution in [3.63, 3.8) is 0 Å². The van der Waals surface area contributed by atoms with Crippen molar-refractivity contribution in [2.75, 3.05) is 13.1 Å². The van der Waals surface area contributed by atoms with Gasteiger partial charge in [0.05, 0.1) is 28.4 Å². The topological polar surface area (TPSA) is 77.3 Å². The van der Waals surface area contributed by atoms with E-state index in [2.05, 4.69) is 10.3 Å². The van der Waals surface area contributed by atoms with Crippen LogP contribution in [0.25, 0.3) is 27.7 Å². The number of benzene rings is 1. The van der Waals surface area contributed by atoms with Gasteiger partial charge in [0.2, 0.25) is 0 Å². The molecule has 4 aromatic rings. The molecule has 6 nitrogen and oxygen atoms in total. The van der Waals surface area contributed by atoms with Gasteiger partial charge in [-0.1, -0.05) is 6.07 Å². The lowest BCUT2D eigenvalue weighted by Crippen LogP contribution is -2.27. The maximum absolute atomic E-state index is 13.9. The molecule has 1 amide bonds. The fraction of sp³-hybridized carbons (Fsp3) is 0.238. The van der Waals surface area contributed by atoms with Crippen LogP contribution in [0.5, 0.6) is 0 Å². The van der Waals surface area contributed by atoms with Gasteiger partial charge in [-0.2, -0.15) is 13.2 Å². The Labute approximate surface area is 170 Å². The summed E-state index contributed by atoms with van der Waals surface area (Å²) >= 11 is 0. The summed E-state index contributed by atoms with van der Waals surface area (Å²) in [6, 6.07) is 9.05. The van der Waals surface area contributed by atoms with Crippen LogP contribution in [-0.4, -0.2) is 32.9 Å². The van der Waals surface area contributed by atoms with Crippen molar-refractivity contribution in [2.45, 2.75) is 12.6 Å². The van der Waals surface area contributed by atoms with Crippen LogP contribution in [-0.2, 0) is 13.2 Å². The third-order valence-corrected chi connectivity index (χ3v) is 5.05. The molecule has 0 bridgehead atoms. The number of carbonyl (C=O) groups excluding carboxylic acids is 1. The van der Waals surface area contributed by atoms with Crippen LogP contribution in [0.4, 0.5) is 13.2 Å². The van der Waals surface area contributed by atoms with E-state index in [0.717, 1.165) is 6.07 Å². The van der Waals surface area contributed by atoms with Crippen molar-refractivity contribution >= 4 is 22.5 Å². The highest BCUT2D eigenvalue weighted by molar-refractivity contribution is 5.96. The summed E-state index contributed by atoms with van der Waals surface area (Å²) in [5.41, 5.74) is 6.80. The Balaban J connectivity index is 1.88. The molecule has 3 heterocycles.